The van der Waals surface area contributed by atoms with Crippen molar-refractivity contribution in [3.05, 3.63) is 35.5 Å². The van der Waals surface area contributed by atoms with Crippen molar-refractivity contribution < 1.29 is 9.47 Å². The molecule has 1 aromatic carbocycles. The smallest absolute Gasteiger partial charge is 0.229 e. The normalized spacial score (nSPS) is 10.2. The summed E-state index contributed by atoms with van der Waals surface area (Å²) in [5.41, 5.74) is 0.707. The lowest BCUT2D eigenvalue weighted by molar-refractivity contribution is 0.210. The highest BCUT2D eigenvalue weighted by Crippen LogP contribution is 2.29. The predicted octanol–water partition coefficient (Wildman–Crippen LogP) is 2.94. The van der Waals surface area contributed by atoms with Gasteiger partial charge in [-0.05, 0) is 24.3 Å². The average molecular weight is 309 g/mol. The van der Waals surface area contributed by atoms with E-state index >= 15 is 0 Å². The molecule has 6 nitrogen and oxygen atoms in total. The molecule has 0 unspecified atom stereocenters. The first-order chi connectivity index (χ1) is 10.2. The zero-order chi connectivity index (χ0) is 15.1. The highest BCUT2D eigenvalue weighted by atomic mass is 35.5. The van der Waals surface area contributed by atoms with Crippen LogP contribution in [-0.2, 0) is 4.74 Å². The van der Waals surface area contributed by atoms with Crippen LogP contribution < -0.4 is 15.4 Å². The van der Waals surface area contributed by atoms with E-state index in [1.54, 1.807) is 44.7 Å². The molecule has 21 heavy (non-hydrogen) atoms. The van der Waals surface area contributed by atoms with Gasteiger partial charge in [-0.25, -0.2) is 4.98 Å². The summed E-state index contributed by atoms with van der Waals surface area (Å²) in [5, 5.41) is 6.83. The topological polar surface area (TPSA) is 68.3 Å². The highest BCUT2D eigenvalue weighted by molar-refractivity contribution is 6.30. The van der Waals surface area contributed by atoms with E-state index in [-0.39, 0.29) is 0 Å². The van der Waals surface area contributed by atoms with Gasteiger partial charge in [-0.2, -0.15) is 4.98 Å². The summed E-state index contributed by atoms with van der Waals surface area (Å²) >= 11 is 5.99. The van der Waals surface area contributed by atoms with Crippen molar-refractivity contribution >= 4 is 29.1 Å². The summed E-state index contributed by atoms with van der Waals surface area (Å²) < 4.78 is 10.3. The molecule has 2 rings (SSSR count). The maximum atomic E-state index is 5.99. The Balaban J connectivity index is 2.12. The molecule has 0 atom stereocenters. The molecule has 0 spiro atoms. The second kappa shape index (κ2) is 7.66. The summed E-state index contributed by atoms with van der Waals surface area (Å²) in [6, 6.07) is 7.09. The third-order valence-corrected chi connectivity index (χ3v) is 2.91. The average Bonchev–Trinajstić information content (AvgIpc) is 2.48. The molecule has 0 bridgehead atoms. The van der Waals surface area contributed by atoms with Crippen LogP contribution in [0.3, 0.4) is 0 Å². The Morgan fingerprint density at radius 2 is 2.10 bits per heavy atom. The van der Waals surface area contributed by atoms with Gasteiger partial charge in [0.15, 0.2) is 0 Å². The molecular weight excluding hydrogens is 292 g/mol. The third kappa shape index (κ3) is 4.47. The van der Waals surface area contributed by atoms with Crippen LogP contribution in [-0.4, -0.2) is 37.3 Å². The van der Waals surface area contributed by atoms with Crippen molar-refractivity contribution in [2.24, 2.45) is 0 Å². The zero-order valence-corrected chi connectivity index (χ0v) is 12.6. The van der Waals surface area contributed by atoms with E-state index in [4.69, 9.17) is 21.1 Å². The Labute approximate surface area is 128 Å². The molecular formula is C14H17ClN4O2. The van der Waals surface area contributed by atoms with Gasteiger partial charge in [0.05, 0.1) is 19.4 Å². The van der Waals surface area contributed by atoms with Crippen molar-refractivity contribution in [3.63, 3.8) is 0 Å². The van der Waals surface area contributed by atoms with Crippen molar-refractivity contribution in [1.29, 1.82) is 0 Å². The molecule has 2 aromatic rings. The fraction of sp³-hybridized carbons (Fsp3) is 0.286. The maximum absolute atomic E-state index is 5.99. The number of aromatic nitrogens is 2. The van der Waals surface area contributed by atoms with Crippen LogP contribution in [0.25, 0.3) is 0 Å². The lowest BCUT2D eigenvalue weighted by atomic mass is 10.3. The monoisotopic (exact) mass is 308 g/mol. The molecule has 0 amide bonds. The molecule has 0 fully saturated rings. The number of hydrogen-bond donors (Lipinski definition) is 2. The van der Waals surface area contributed by atoms with Gasteiger partial charge in [0.1, 0.15) is 11.6 Å². The Morgan fingerprint density at radius 1 is 1.24 bits per heavy atom. The van der Waals surface area contributed by atoms with Crippen LogP contribution in [0.1, 0.15) is 0 Å². The number of hydrogen-bond acceptors (Lipinski definition) is 6. The molecule has 1 heterocycles. The summed E-state index contributed by atoms with van der Waals surface area (Å²) in [7, 11) is 3.25. The second-order valence-corrected chi connectivity index (χ2v) is 4.59. The van der Waals surface area contributed by atoms with E-state index in [1.165, 1.54) is 0 Å². The standard InChI is InChI=1S/C14H17ClN4O2/c1-20-8-7-16-13-5-6-17-14(19-13)18-11-9-10(15)3-4-12(11)21-2/h3-6,9H,7-8H2,1-2H3,(H2,16,17,18,19). The first kappa shape index (κ1) is 15.3. The lowest BCUT2D eigenvalue weighted by Gasteiger charge is -2.11. The van der Waals surface area contributed by atoms with E-state index in [1.807, 2.05) is 0 Å². The first-order valence-corrected chi connectivity index (χ1v) is 6.77. The number of halogens is 1. The van der Waals surface area contributed by atoms with Gasteiger partial charge in [-0.3, -0.25) is 0 Å². The SMILES string of the molecule is COCCNc1ccnc(Nc2cc(Cl)ccc2OC)n1. The number of rotatable bonds is 7. The number of benzene rings is 1. The molecule has 0 aliphatic rings. The molecule has 0 aliphatic heterocycles. The summed E-state index contributed by atoms with van der Waals surface area (Å²) in [6.07, 6.45) is 1.67. The largest absolute Gasteiger partial charge is 0.495 e. The second-order valence-electron chi connectivity index (χ2n) is 4.15. The molecule has 112 valence electrons. The Morgan fingerprint density at radius 3 is 2.86 bits per heavy atom. The van der Waals surface area contributed by atoms with Crippen LogP contribution >= 0.6 is 11.6 Å². The maximum Gasteiger partial charge on any atom is 0.229 e. The van der Waals surface area contributed by atoms with Crippen LogP contribution in [0.2, 0.25) is 5.02 Å². The van der Waals surface area contributed by atoms with Gasteiger partial charge in [-0.15, -0.1) is 0 Å². The van der Waals surface area contributed by atoms with Crippen LogP contribution in [0, 0.1) is 0 Å². The van der Waals surface area contributed by atoms with Crippen LogP contribution in [0.4, 0.5) is 17.5 Å². The van der Waals surface area contributed by atoms with E-state index in [0.717, 1.165) is 0 Å². The molecule has 2 N–H and O–H groups in total. The summed E-state index contributed by atoms with van der Waals surface area (Å²) in [5.74, 6) is 1.84. The minimum atomic E-state index is 0.456. The van der Waals surface area contributed by atoms with E-state index in [9.17, 15) is 0 Å². The van der Waals surface area contributed by atoms with E-state index in [0.29, 0.717) is 41.4 Å². The van der Waals surface area contributed by atoms with Gasteiger partial charge in [0.2, 0.25) is 5.95 Å². The fourth-order valence-electron chi connectivity index (χ4n) is 1.70. The molecule has 1 aromatic heterocycles. The first-order valence-electron chi connectivity index (χ1n) is 6.39. The number of anilines is 3. The minimum Gasteiger partial charge on any atom is -0.495 e. The number of nitrogens with zero attached hydrogens (tertiary/aromatic N) is 2. The van der Waals surface area contributed by atoms with Gasteiger partial charge in [0, 0.05) is 24.9 Å². The predicted molar refractivity (Wildman–Crippen MR) is 83.7 cm³/mol. The lowest BCUT2D eigenvalue weighted by Crippen LogP contribution is -2.09. The molecule has 0 aliphatic carbocycles. The number of nitrogens with one attached hydrogen (secondary N) is 2. The molecule has 0 saturated heterocycles. The van der Waals surface area contributed by atoms with Gasteiger partial charge < -0.3 is 20.1 Å². The Bertz CT molecular complexity index is 595. The summed E-state index contributed by atoms with van der Waals surface area (Å²) in [6.45, 7) is 1.28. The van der Waals surface area contributed by atoms with Crippen molar-refractivity contribution in [3.8, 4) is 5.75 Å². The van der Waals surface area contributed by atoms with Gasteiger partial charge in [-0.1, -0.05) is 11.6 Å². The van der Waals surface area contributed by atoms with Crippen molar-refractivity contribution in [2.75, 3.05) is 38.0 Å². The summed E-state index contributed by atoms with van der Waals surface area (Å²) in [4.78, 5) is 8.53. The molecule has 0 radical (unpaired) electrons. The molecule has 0 saturated carbocycles. The minimum absolute atomic E-state index is 0.456. The zero-order valence-electron chi connectivity index (χ0n) is 11.9. The highest BCUT2D eigenvalue weighted by Gasteiger charge is 2.06. The molecule has 7 heteroatoms. The fourth-order valence-corrected chi connectivity index (χ4v) is 1.87. The number of ether oxygens (including phenoxy) is 2. The van der Waals surface area contributed by atoms with Crippen LogP contribution in [0.5, 0.6) is 5.75 Å². The quantitative estimate of drug-likeness (QED) is 0.767. The third-order valence-electron chi connectivity index (χ3n) is 2.68. The van der Waals surface area contributed by atoms with E-state index in [2.05, 4.69) is 20.6 Å². The van der Waals surface area contributed by atoms with Crippen molar-refractivity contribution in [2.45, 2.75) is 0 Å². The van der Waals surface area contributed by atoms with Gasteiger partial charge >= 0.3 is 0 Å². The van der Waals surface area contributed by atoms with Crippen LogP contribution in [0.15, 0.2) is 30.5 Å². The number of methoxy groups -OCH3 is 2. The van der Waals surface area contributed by atoms with Gasteiger partial charge in [0.25, 0.3) is 0 Å². The van der Waals surface area contributed by atoms with E-state index < -0.39 is 0 Å². The van der Waals surface area contributed by atoms with Crippen molar-refractivity contribution in [1.82, 2.24) is 9.97 Å². The Kier molecular flexibility index (Phi) is 5.59. The Hall–Kier alpha value is -2.05.